The summed E-state index contributed by atoms with van der Waals surface area (Å²) in [6.07, 6.45) is 0. The second kappa shape index (κ2) is 8.50. The maximum atomic E-state index is 12.3. The van der Waals surface area contributed by atoms with E-state index in [2.05, 4.69) is 4.90 Å². The van der Waals surface area contributed by atoms with Gasteiger partial charge in [-0.25, -0.2) is 4.79 Å². The molecule has 0 bridgehead atoms. The van der Waals surface area contributed by atoms with Crippen molar-refractivity contribution in [3.05, 3.63) is 58.1 Å². The Morgan fingerprint density at radius 1 is 1.04 bits per heavy atom. The summed E-state index contributed by atoms with van der Waals surface area (Å²) in [5.74, 6) is -1.33. The number of para-hydroxylation sites is 1. The highest BCUT2D eigenvalue weighted by Crippen LogP contribution is 2.26. The van der Waals surface area contributed by atoms with Crippen molar-refractivity contribution in [3.8, 4) is 5.75 Å². The van der Waals surface area contributed by atoms with Crippen LogP contribution in [0.1, 0.15) is 10.4 Å². The standard InChI is InChI=1S/C19H18Cl2N2O4/c20-13-5-6-17(24)14(11-13)19(26)27-12-18(25)23-9-7-22(8-10-23)16-4-2-1-3-15(16)21/h1-6,11,24H,7-10,12H2. The second-order valence-electron chi connectivity index (χ2n) is 6.06. The highest BCUT2D eigenvalue weighted by molar-refractivity contribution is 6.33. The molecule has 0 aliphatic carbocycles. The molecule has 0 aromatic heterocycles. The van der Waals surface area contributed by atoms with Crippen LogP contribution in [0.15, 0.2) is 42.5 Å². The summed E-state index contributed by atoms with van der Waals surface area (Å²) in [6, 6.07) is 11.6. The van der Waals surface area contributed by atoms with Gasteiger partial charge in [0.2, 0.25) is 0 Å². The van der Waals surface area contributed by atoms with E-state index in [-0.39, 0.29) is 17.2 Å². The number of nitrogens with zero attached hydrogens (tertiary/aromatic N) is 2. The lowest BCUT2D eigenvalue weighted by atomic mass is 10.2. The number of phenolic OH excluding ortho intramolecular Hbond substituents is 1. The average molecular weight is 409 g/mol. The van der Waals surface area contributed by atoms with E-state index in [9.17, 15) is 14.7 Å². The molecule has 1 aliphatic rings. The summed E-state index contributed by atoms with van der Waals surface area (Å²) in [7, 11) is 0. The van der Waals surface area contributed by atoms with Gasteiger partial charge in [-0.3, -0.25) is 4.79 Å². The lowest BCUT2D eigenvalue weighted by Crippen LogP contribution is -2.50. The number of piperazine rings is 1. The molecule has 1 saturated heterocycles. The highest BCUT2D eigenvalue weighted by atomic mass is 35.5. The summed E-state index contributed by atoms with van der Waals surface area (Å²) in [5.41, 5.74) is 0.868. The van der Waals surface area contributed by atoms with Crippen molar-refractivity contribution in [1.82, 2.24) is 4.90 Å². The molecule has 0 radical (unpaired) electrons. The number of hydrogen-bond donors (Lipinski definition) is 1. The van der Waals surface area contributed by atoms with Gasteiger partial charge in [0.15, 0.2) is 6.61 Å². The van der Waals surface area contributed by atoms with E-state index in [0.29, 0.717) is 36.2 Å². The Bertz CT molecular complexity index is 851. The van der Waals surface area contributed by atoms with Gasteiger partial charge in [-0.2, -0.15) is 0 Å². The molecule has 1 heterocycles. The van der Waals surface area contributed by atoms with E-state index in [1.165, 1.54) is 18.2 Å². The fraction of sp³-hybridized carbons (Fsp3) is 0.263. The number of hydrogen-bond acceptors (Lipinski definition) is 5. The van der Waals surface area contributed by atoms with Crippen LogP contribution in [0.3, 0.4) is 0 Å². The second-order valence-corrected chi connectivity index (χ2v) is 6.90. The molecule has 27 heavy (non-hydrogen) atoms. The van der Waals surface area contributed by atoms with Gasteiger partial charge < -0.3 is 19.6 Å². The summed E-state index contributed by atoms with van der Waals surface area (Å²) in [6.45, 7) is 1.89. The van der Waals surface area contributed by atoms with Crippen molar-refractivity contribution >= 4 is 40.8 Å². The third kappa shape index (κ3) is 4.64. The molecule has 142 valence electrons. The molecule has 1 N–H and O–H groups in total. The SMILES string of the molecule is O=C(OCC(=O)N1CCN(c2ccccc2Cl)CC1)c1cc(Cl)ccc1O. The molecule has 0 saturated carbocycles. The van der Waals surface area contributed by atoms with Gasteiger partial charge in [0.25, 0.3) is 5.91 Å². The number of aromatic hydroxyl groups is 1. The molecule has 6 nitrogen and oxygen atoms in total. The molecule has 0 spiro atoms. The van der Waals surface area contributed by atoms with E-state index >= 15 is 0 Å². The van der Waals surface area contributed by atoms with Crippen molar-refractivity contribution in [2.45, 2.75) is 0 Å². The molecular weight excluding hydrogens is 391 g/mol. The van der Waals surface area contributed by atoms with Gasteiger partial charge in [-0.15, -0.1) is 0 Å². The Morgan fingerprint density at radius 3 is 2.44 bits per heavy atom. The number of esters is 1. The zero-order valence-electron chi connectivity index (χ0n) is 14.4. The molecule has 8 heteroatoms. The third-order valence-electron chi connectivity index (χ3n) is 4.33. The first-order valence-electron chi connectivity index (χ1n) is 8.38. The predicted molar refractivity (Wildman–Crippen MR) is 104 cm³/mol. The zero-order chi connectivity index (χ0) is 19.4. The fourth-order valence-electron chi connectivity index (χ4n) is 2.87. The van der Waals surface area contributed by atoms with E-state index in [0.717, 1.165) is 5.69 Å². The van der Waals surface area contributed by atoms with Crippen molar-refractivity contribution < 1.29 is 19.4 Å². The number of amides is 1. The number of carbonyl (C=O) groups is 2. The van der Waals surface area contributed by atoms with Crippen LogP contribution >= 0.6 is 23.2 Å². The molecule has 3 rings (SSSR count). The number of ether oxygens (including phenoxy) is 1. The Kier molecular flexibility index (Phi) is 6.08. The van der Waals surface area contributed by atoms with Gasteiger partial charge >= 0.3 is 5.97 Å². The van der Waals surface area contributed by atoms with Gasteiger partial charge in [-0.1, -0.05) is 35.3 Å². The molecule has 0 atom stereocenters. The minimum atomic E-state index is -0.793. The van der Waals surface area contributed by atoms with E-state index in [4.69, 9.17) is 27.9 Å². The molecule has 1 aliphatic heterocycles. The first kappa shape index (κ1) is 19.3. The first-order valence-corrected chi connectivity index (χ1v) is 9.14. The molecular formula is C19H18Cl2N2O4. The third-order valence-corrected chi connectivity index (χ3v) is 4.89. The minimum absolute atomic E-state index is 0.0705. The van der Waals surface area contributed by atoms with Crippen LogP contribution in [-0.4, -0.2) is 54.7 Å². The zero-order valence-corrected chi connectivity index (χ0v) is 15.9. The number of halogens is 2. The highest BCUT2D eigenvalue weighted by Gasteiger charge is 2.23. The summed E-state index contributed by atoms with van der Waals surface area (Å²) >= 11 is 12.0. The largest absolute Gasteiger partial charge is 0.507 e. The summed E-state index contributed by atoms with van der Waals surface area (Å²) in [5, 5.41) is 10.7. The molecule has 0 unspecified atom stereocenters. The van der Waals surface area contributed by atoms with Crippen molar-refractivity contribution in [2.24, 2.45) is 0 Å². The Hall–Kier alpha value is -2.44. The van der Waals surface area contributed by atoms with Crippen LogP contribution in [0.5, 0.6) is 5.75 Å². The smallest absolute Gasteiger partial charge is 0.342 e. The van der Waals surface area contributed by atoms with Gasteiger partial charge in [-0.05, 0) is 30.3 Å². The topological polar surface area (TPSA) is 70.1 Å². The fourth-order valence-corrected chi connectivity index (χ4v) is 3.30. The van der Waals surface area contributed by atoms with E-state index < -0.39 is 12.6 Å². The maximum Gasteiger partial charge on any atom is 0.342 e. The molecule has 2 aromatic rings. The number of phenols is 1. The normalized spacial score (nSPS) is 14.1. The van der Waals surface area contributed by atoms with Gasteiger partial charge in [0.05, 0.1) is 10.7 Å². The number of rotatable bonds is 4. The number of anilines is 1. The van der Waals surface area contributed by atoms with E-state index in [1.54, 1.807) is 4.90 Å². The lowest BCUT2D eigenvalue weighted by Gasteiger charge is -2.36. The van der Waals surface area contributed by atoms with E-state index in [1.807, 2.05) is 24.3 Å². The molecule has 1 amide bonds. The van der Waals surface area contributed by atoms with Crippen molar-refractivity contribution in [1.29, 1.82) is 0 Å². The van der Waals surface area contributed by atoms with Crippen LogP contribution in [0.25, 0.3) is 0 Å². The van der Waals surface area contributed by atoms with Gasteiger partial charge in [0, 0.05) is 31.2 Å². The number of benzene rings is 2. The van der Waals surface area contributed by atoms with Crippen LogP contribution in [-0.2, 0) is 9.53 Å². The Balaban J connectivity index is 1.52. The van der Waals surface area contributed by atoms with Gasteiger partial charge in [0.1, 0.15) is 11.3 Å². The van der Waals surface area contributed by atoms with Crippen LogP contribution in [0.2, 0.25) is 10.0 Å². The first-order chi connectivity index (χ1) is 13.0. The predicted octanol–water partition coefficient (Wildman–Crippen LogP) is 3.20. The monoisotopic (exact) mass is 408 g/mol. The lowest BCUT2D eigenvalue weighted by molar-refractivity contribution is -0.134. The Labute approximate surface area is 166 Å². The number of carbonyl (C=O) groups excluding carboxylic acids is 2. The summed E-state index contributed by atoms with van der Waals surface area (Å²) < 4.78 is 5.03. The Morgan fingerprint density at radius 2 is 1.74 bits per heavy atom. The quantitative estimate of drug-likeness (QED) is 0.786. The maximum absolute atomic E-state index is 12.3. The van der Waals surface area contributed by atoms with Crippen LogP contribution in [0.4, 0.5) is 5.69 Å². The van der Waals surface area contributed by atoms with Crippen molar-refractivity contribution in [3.63, 3.8) is 0 Å². The average Bonchev–Trinajstić information content (AvgIpc) is 2.68. The van der Waals surface area contributed by atoms with Crippen molar-refractivity contribution in [2.75, 3.05) is 37.7 Å². The summed E-state index contributed by atoms with van der Waals surface area (Å²) in [4.78, 5) is 28.1. The van der Waals surface area contributed by atoms with Crippen LogP contribution in [0, 0.1) is 0 Å². The minimum Gasteiger partial charge on any atom is -0.507 e. The van der Waals surface area contributed by atoms with Crippen LogP contribution < -0.4 is 4.90 Å². The molecule has 1 fully saturated rings. The molecule has 2 aromatic carbocycles.